The average Bonchev–Trinajstić information content (AvgIpc) is 3.03. The maximum Gasteiger partial charge on any atom is 0.120 e. The van der Waals surface area contributed by atoms with Crippen LogP contribution in [0.15, 0.2) is 42.7 Å². The first-order chi connectivity index (χ1) is 10.8. The molecule has 118 valence electrons. The number of aromatic amines is 1. The number of imidazole rings is 1. The van der Waals surface area contributed by atoms with Gasteiger partial charge in [0.25, 0.3) is 0 Å². The standard InChI is InChI=1S/C18H26N4/c1-21(15-18-19-10-11-20-18)14-17-9-5-6-12-22(17)13-16-7-3-2-4-8-16/h2-4,7-8,10-11,17H,5-6,9,12-15H2,1H3,(H,19,20)/t17-/m1/s1. The Balaban J connectivity index is 1.57. The van der Waals surface area contributed by atoms with Gasteiger partial charge in [-0.15, -0.1) is 0 Å². The molecule has 2 heterocycles. The lowest BCUT2D eigenvalue weighted by atomic mass is 10.0. The van der Waals surface area contributed by atoms with Gasteiger partial charge >= 0.3 is 0 Å². The summed E-state index contributed by atoms with van der Waals surface area (Å²) in [5.41, 5.74) is 1.42. The van der Waals surface area contributed by atoms with Gasteiger partial charge in [-0.05, 0) is 32.0 Å². The number of aromatic nitrogens is 2. The molecular formula is C18H26N4. The van der Waals surface area contributed by atoms with Crippen molar-refractivity contribution >= 4 is 0 Å². The van der Waals surface area contributed by atoms with Gasteiger partial charge in [0.15, 0.2) is 0 Å². The molecule has 0 amide bonds. The second-order valence-corrected chi connectivity index (χ2v) is 6.34. The van der Waals surface area contributed by atoms with Gasteiger partial charge in [-0.2, -0.15) is 0 Å². The third-order valence-corrected chi connectivity index (χ3v) is 4.47. The Bertz CT molecular complexity index is 537. The molecule has 1 aromatic carbocycles. The number of likely N-dealkylation sites (tertiary alicyclic amines) is 1. The Hall–Kier alpha value is -1.65. The molecule has 0 spiro atoms. The van der Waals surface area contributed by atoms with E-state index in [0.29, 0.717) is 6.04 Å². The van der Waals surface area contributed by atoms with Gasteiger partial charge in [-0.1, -0.05) is 36.8 Å². The van der Waals surface area contributed by atoms with Gasteiger partial charge in [0.2, 0.25) is 0 Å². The van der Waals surface area contributed by atoms with Gasteiger partial charge in [0.05, 0.1) is 6.54 Å². The van der Waals surface area contributed by atoms with Crippen LogP contribution in [-0.2, 0) is 13.1 Å². The van der Waals surface area contributed by atoms with Crippen LogP contribution in [0.5, 0.6) is 0 Å². The summed E-state index contributed by atoms with van der Waals surface area (Å²) in [7, 11) is 2.19. The lowest BCUT2D eigenvalue weighted by molar-refractivity contribution is 0.104. The molecule has 1 aliphatic heterocycles. The van der Waals surface area contributed by atoms with Crippen LogP contribution in [0, 0.1) is 0 Å². The summed E-state index contributed by atoms with van der Waals surface area (Å²) in [5.74, 6) is 1.05. The van der Waals surface area contributed by atoms with Gasteiger partial charge in [0, 0.05) is 31.5 Å². The van der Waals surface area contributed by atoms with Crippen LogP contribution in [-0.4, -0.2) is 45.9 Å². The van der Waals surface area contributed by atoms with Crippen molar-refractivity contribution in [1.29, 1.82) is 0 Å². The molecular weight excluding hydrogens is 272 g/mol. The summed E-state index contributed by atoms with van der Waals surface area (Å²) in [6.45, 7) is 4.28. The number of hydrogen-bond acceptors (Lipinski definition) is 3. The number of piperidine rings is 1. The Kier molecular flexibility index (Phi) is 5.24. The maximum atomic E-state index is 4.33. The van der Waals surface area contributed by atoms with Crippen molar-refractivity contribution in [2.24, 2.45) is 0 Å². The monoisotopic (exact) mass is 298 g/mol. The lowest BCUT2D eigenvalue weighted by Gasteiger charge is -2.37. The third-order valence-electron chi connectivity index (χ3n) is 4.47. The molecule has 1 fully saturated rings. The molecule has 1 atom stereocenters. The highest BCUT2D eigenvalue weighted by Gasteiger charge is 2.23. The normalized spacial score (nSPS) is 19.6. The summed E-state index contributed by atoms with van der Waals surface area (Å²) in [6, 6.07) is 11.5. The van der Waals surface area contributed by atoms with E-state index >= 15 is 0 Å². The first-order valence-electron chi connectivity index (χ1n) is 8.26. The van der Waals surface area contributed by atoms with Gasteiger partial charge < -0.3 is 4.98 Å². The Morgan fingerprint density at radius 1 is 1.27 bits per heavy atom. The molecule has 0 saturated carbocycles. The lowest BCUT2D eigenvalue weighted by Crippen LogP contribution is -2.45. The highest BCUT2D eigenvalue weighted by molar-refractivity contribution is 5.14. The van der Waals surface area contributed by atoms with E-state index in [9.17, 15) is 0 Å². The quantitative estimate of drug-likeness (QED) is 0.890. The molecule has 4 nitrogen and oxygen atoms in total. The zero-order chi connectivity index (χ0) is 15.2. The molecule has 1 aromatic heterocycles. The molecule has 4 heteroatoms. The molecule has 3 rings (SSSR count). The van der Waals surface area contributed by atoms with E-state index in [4.69, 9.17) is 0 Å². The topological polar surface area (TPSA) is 35.2 Å². The molecule has 0 bridgehead atoms. The van der Waals surface area contributed by atoms with Gasteiger partial charge in [-0.3, -0.25) is 9.80 Å². The number of H-pyrrole nitrogens is 1. The van der Waals surface area contributed by atoms with Crippen LogP contribution >= 0.6 is 0 Å². The van der Waals surface area contributed by atoms with Crippen LogP contribution in [0.4, 0.5) is 0 Å². The van der Waals surface area contributed by atoms with Gasteiger partial charge in [0.1, 0.15) is 5.82 Å². The summed E-state index contributed by atoms with van der Waals surface area (Å²) in [6.07, 6.45) is 7.70. The predicted molar refractivity (Wildman–Crippen MR) is 89.4 cm³/mol. The largest absolute Gasteiger partial charge is 0.348 e. The van der Waals surface area contributed by atoms with Crippen molar-refractivity contribution in [3.63, 3.8) is 0 Å². The minimum absolute atomic E-state index is 0.647. The van der Waals surface area contributed by atoms with E-state index < -0.39 is 0 Å². The number of hydrogen-bond donors (Lipinski definition) is 1. The molecule has 0 aliphatic carbocycles. The van der Waals surface area contributed by atoms with E-state index in [0.717, 1.165) is 25.5 Å². The summed E-state index contributed by atoms with van der Waals surface area (Å²) >= 11 is 0. The molecule has 22 heavy (non-hydrogen) atoms. The Labute approximate surface area is 133 Å². The molecule has 1 N–H and O–H groups in total. The minimum atomic E-state index is 0.647. The number of nitrogens with one attached hydrogen (secondary N) is 1. The van der Waals surface area contributed by atoms with E-state index in [1.165, 1.54) is 31.4 Å². The highest BCUT2D eigenvalue weighted by Crippen LogP contribution is 2.20. The van der Waals surface area contributed by atoms with E-state index in [2.05, 4.69) is 57.1 Å². The highest BCUT2D eigenvalue weighted by atomic mass is 15.2. The minimum Gasteiger partial charge on any atom is -0.348 e. The fourth-order valence-electron chi connectivity index (χ4n) is 3.36. The zero-order valence-corrected chi connectivity index (χ0v) is 13.4. The molecule has 1 saturated heterocycles. The van der Waals surface area contributed by atoms with Crippen LogP contribution in [0.25, 0.3) is 0 Å². The smallest absolute Gasteiger partial charge is 0.120 e. The molecule has 0 radical (unpaired) electrons. The Morgan fingerprint density at radius 3 is 2.91 bits per heavy atom. The van der Waals surface area contributed by atoms with E-state index in [1.54, 1.807) is 0 Å². The van der Waals surface area contributed by atoms with Crippen molar-refractivity contribution in [1.82, 2.24) is 19.8 Å². The summed E-state index contributed by atoms with van der Waals surface area (Å²) in [5, 5.41) is 0. The summed E-state index contributed by atoms with van der Waals surface area (Å²) in [4.78, 5) is 12.5. The van der Waals surface area contributed by atoms with Crippen molar-refractivity contribution in [3.05, 3.63) is 54.1 Å². The second kappa shape index (κ2) is 7.56. The predicted octanol–water partition coefficient (Wildman–Crippen LogP) is 2.90. The first-order valence-corrected chi connectivity index (χ1v) is 8.26. The second-order valence-electron chi connectivity index (χ2n) is 6.34. The number of likely N-dealkylation sites (N-methyl/N-ethyl adjacent to an activating group) is 1. The van der Waals surface area contributed by atoms with E-state index in [-0.39, 0.29) is 0 Å². The molecule has 1 aliphatic rings. The number of rotatable bonds is 6. The van der Waals surface area contributed by atoms with Crippen LogP contribution in [0.2, 0.25) is 0 Å². The molecule has 0 unspecified atom stereocenters. The number of nitrogens with zero attached hydrogens (tertiary/aromatic N) is 3. The maximum absolute atomic E-state index is 4.33. The first kappa shape index (κ1) is 15.3. The van der Waals surface area contributed by atoms with Crippen LogP contribution < -0.4 is 0 Å². The Morgan fingerprint density at radius 2 is 2.14 bits per heavy atom. The van der Waals surface area contributed by atoms with Crippen molar-refractivity contribution in [2.45, 2.75) is 38.4 Å². The SMILES string of the molecule is CN(Cc1ncc[nH]1)C[C@H]1CCCCN1Cc1ccccc1. The fourth-order valence-corrected chi connectivity index (χ4v) is 3.36. The van der Waals surface area contributed by atoms with Crippen molar-refractivity contribution < 1.29 is 0 Å². The zero-order valence-electron chi connectivity index (χ0n) is 13.4. The summed E-state index contributed by atoms with van der Waals surface area (Å²) < 4.78 is 0. The van der Waals surface area contributed by atoms with Crippen LogP contribution in [0.1, 0.15) is 30.7 Å². The van der Waals surface area contributed by atoms with Gasteiger partial charge in [-0.25, -0.2) is 4.98 Å². The third kappa shape index (κ3) is 4.18. The average molecular weight is 298 g/mol. The van der Waals surface area contributed by atoms with Crippen molar-refractivity contribution in [3.8, 4) is 0 Å². The van der Waals surface area contributed by atoms with E-state index in [1.807, 2.05) is 12.4 Å². The molecule has 2 aromatic rings. The number of benzene rings is 1. The van der Waals surface area contributed by atoms with Crippen molar-refractivity contribution in [2.75, 3.05) is 20.1 Å². The fraction of sp³-hybridized carbons (Fsp3) is 0.500. The van der Waals surface area contributed by atoms with Crippen LogP contribution in [0.3, 0.4) is 0 Å².